The summed E-state index contributed by atoms with van der Waals surface area (Å²) in [6.07, 6.45) is 3.10. The Bertz CT molecular complexity index is 992. The van der Waals surface area contributed by atoms with E-state index in [2.05, 4.69) is 36.7 Å². The molecule has 5 rings (SSSR count). The summed E-state index contributed by atoms with van der Waals surface area (Å²) in [5.74, 6) is 0.0206. The van der Waals surface area contributed by atoms with Crippen molar-refractivity contribution in [2.75, 3.05) is 6.54 Å². The normalized spacial score (nSPS) is 28.9. The predicted molar refractivity (Wildman–Crippen MR) is 140 cm³/mol. The zero-order valence-electron chi connectivity index (χ0n) is 22.3. The Balaban J connectivity index is 1.46. The molecule has 10 heteroatoms. The highest BCUT2D eigenvalue weighted by atomic mass is 16.7. The van der Waals surface area contributed by atoms with Crippen molar-refractivity contribution < 1.29 is 28.8 Å². The van der Waals surface area contributed by atoms with Crippen molar-refractivity contribution in [2.45, 2.75) is 89.9 Å². The summed E-state index contributed by atoms with van der Waals surface area (Å²) in [7, 11) is -0.591. The van der Waals surface area contributed by atoms with Crippen LogP contribution < -0.4 is 16.0 Å². The van der Waals surface area contributed by atoms with Crippen LogP contribution in [0.1, 0.15) is 65.4 Å². The van der Waals surface area contributed by atoms with E-state index >= 15 is 0 Å². The highest BCUT2D eigenvalue weighted by molar-refractivity contribution is 6.48. The van der Waals surface area contributed by atoms with Crippen LogP contribution in [0.4, 0.5) is 4.79 Å². The SMILES string of the molecule is CC(=O)NC(CCCCNC(=O)O)C(=O)N[C@@H](Cc1ccccc1)B1O[C@@H]2C[C@@H]3C[C@@H](C3(C)C)[C@]2(C)O1. The largest absolute Gasteiger partial charge is 0.482 e. The van der Waals surface area contributed by atoms with Crippen molar-refractivity contribution in [3.05, 3.63) is 35.9 Å². The van der Waals surface area contributed by atoms with Crippen molar-refractivity contribution >= 4 is 25.0 Å². The lowest BCUT2D eigenvalue weighted by Gasteiger charge is -2.64. The molecule has 9 nitrogen and oxygen atoms in total. The first kappa shape index (κ1) is 27.4. The monoisotopic (exact) mass is 513 g/mol. The maximum Gasteiger partial charge on any atom is 0.482 e. The first-order chi connectivity index (χ1) is 17.5. The van der Waals surface area contributed by atoms with E-state index in [1.54, 1.807) is 0 Å². The second kappa shape index (κ2) is 11.0. The van der Waals surface area contributed by atoms with Crippen molar-refractivity contribution in [3.63, 3.8) is 0 Å². The Morgan fingerprint density at radius 1 is 1.11 bits per heavy atom. The zero-order chi connectivity index (χ0) is 26.8. The van der Waals surface area contributed by atoms with E-state index in [0.29, 0.717) is 44.1 Å². The molecule has 4 N–H and O–H groups in total. The molecule has 4 fully saturated rings. The minimum atomic E-state index is -1.08. The molecule has 3 aliphatic carbocycles. The molecule has 202 valence electrons. The predicted octanol–water partition coefficient (Wildman–Crippen LogP) is 2.92. The molecule has 1 aromatic rings. The summed E-state index contributed by atoms with van der Waals surface area (Å²) in [5, 5.41) is 16.9. The summed E-state index contributed by atoms with van der Waals surface area (Å²) in [6.45, 7) is 8.47. The molecule has 1 saturated heterocycles. The van der Waals surface area contributed by atoms with Gasteiger partial charge in [0.15, 0.2) is 0 Å². The highest BCUT2D eigenvalue weighted by Crippen LogP contribution is 2.65. The fourth-order valence-corrected chi connectivity index (χ4v) is 6.62. The Labute approximate surface area is 219 Å². The number of rotatable bonds is 11. The highest BCUT2D eigenvalue weighted by Gasteiger charge is 2.68. The minimum absolute atomic E-state index is 0.00247. The van der Waals surface area contributed by atoms with Gasteiger partial charge < -0.3 is 30.4 Å². The van der Waals surface area contributed by atoms with Crippen LogP contribution in [-0.4, -0.2) is 60.4 Å². The molecule has 3 amide bonds. The molecular formula is C27H40BN3O6. The number of unbranched alkanes of at least 4 members (excludes halogenated alkanes) is 1. The van der Waals surface area contributed by atoms with Gasteiger partial charge >= 0.3 is 13.2 Å². The van der Waals surface area contributed by atoms with E-state index < -0.39 is 30.8 Å². The third kappa shape index (κ3) is 5.96. The van der Waals surface area contributed by atoms with Gasteiger partial charge in [-0.05, 0) is 68.3 Å². The van der Waals surface area contributed by atoms with E-state index in [1.807, 2.05) is 30.3 Å². The number of amides is 3. The molecule has 1 aromatic carbocycles. The molecule has 1 unspecified atom stereocenters. The zero-order valence-corrected chi connectivity index (χ0v) is 22.3. The maximum atomic E-state index is 13.4. The Hall–Kier alpha value is -2.59. The Kier molecular flexibility index (Phi) is 8.18. The van der Waals surface area contributed by atoms with Gasteiger partial charge in [0.25, 0.3) is 0 Å². The molecule has 2 bridgehead atoms. The third-order valence-corrected chi connectivity index (χ3v) is 8.81. The van der Waals surface area contributed by atoms with Gasteiger partial charge in [0.1, 0.15) is 6.04 Å². The lowest BCUT2D eigenvalue weighted by Crippen LogP contribution is -2.65. The van der Waals surface area contributed by atoms with Gasteiger partial charge in [-0.3, -0.25) is 9.59 Å². The van der Waals surface area contributed by atoms with E-state index in [9.17, 15) is 14.4 Å². The van der Waals surface area contributed by atoms with Crippen molar-refractivity contribution in [2.24, 2.45) is 17.3 Å². The van der Waals surface area contributed by atoms with Crippen LogP contribution in [0.15, 0.2) is 30.3 Å². The van der Waals surface area contributed by atoms with Gasteiger partial charge in [0, 0.05) is 13.5 Å². The molecule has 6 atom stereocenters. The molecule has 4 aliphatic rings. The average Bonchev–Trinajstić information content (AvgIpc) is 3.20. The number of carbonyl (C=O) groups is 3. The third-order valence-electron chi connectivity index (χ3n) is 8.81. The second-order valence-electron chi connectivity index (χ2n) is 11.6. The van der Waals surface area contributed by atoms with Crippen molar-refractivity contribution in [3.8, 4) is 0 Å². The summed E-state index contributed by atoms with van der Waals surface area (Å²) in [5.41, 5.74) is 0.880. The van der Waals surface area contributed by atoms with Crippen LogP contribution in [0.3, 0.4) is 0 Å². The molecule has 0 spiro atoms. The van der Waals surface area contributed by atoms with Gasteiger partial charge in [-0.2, -0.15) is 0 Å². The second-order valence-corrected chi connectivity index (χ2v) is 11.6. The first-order valence-electron chi connectivity index (χ1n) is 13.4. The van der Waals surface area contributed by atoms with Gasteiger partial charge in [0.05, 0.1) is 17.6 Å². The maximum absolute atomic E-state index is 13.4. The molecule has 1 heterocycles. The van der Waals surface area contributed by atoms with E-state index in [4.69, 9.17) is 14.4 Å². The van der Waals surface area contributed by atoms with Crippen LogP contribution in [0.25, 0.3) is 0 Å². The van der Waals surface area contributed by atoms with Crippen molar-refractivity contribution in [1.29, 1.82) is 0 Å². The summed E-state index contributed by atoms with van der Waals surface area (Å²) in [4.78, 5) is 36.0. The van der Waals surface area contributed by atoms with Crippen LogP contribution >= 0.6 is 0 Å². The van der Waals surface area contributed by atoms with E-state index in [0.717, 1.165) is 18.4 Å². The molecule has 3 saturated carbocycles. The molecule has 37 heavy (non-hydrogen) atoms. The van der Waals surface area contributed by atoms with Gasteiger partial charge in [-0.1, -0.05) is 44.2 Å². The van der Waals surface area contributed by atoms with Crippen LogP contribution in [0.5, 0.6) is 0 Å². The van der Waals surface area contributed by atoms with Gasteiger partial charge in [-0.25, -0.2) is 4.79 Å². The summed E-state index contributed by atoms with van der Waals surface area (Å²) < 4.78 is 13.2. The van der Waals surface area contributed by atoms with Gasteiger partial charge in [0.2, 0.25) is 11.8 Å². The van der Waals surface area contributed by atoms with Crippen molar-refractivity contribution in [1.82, 2.24) is 16.0 Å². The van der Waals surface area contributed by atoms with E-state index in [1.165, 1.54) is 6.92 Å². The quantitative estimate of drug-likeness (QED) is 0.266. The Morgan fingerprint density at radius 2 is 1.84 bits per heavy atom. The summed E-state index contributed by atoms with van der Waals surface area (Å²) >= 11 is 0. The molecule has 0 aromatic heterocycles. The molecular weight excluding hydrogens is 473 g/mol. The smallest absolute Gasteiger partial charge is 0.465 e. The summed E-state index contributed by atoms with van der Waals surface area (Å²) in [6, 6.07) is 9.19. The Morgan fingerprint density at radius 3 is 2.49 bits per heavy atom. The lowest BCUT2D eigenvalue weighted by atomic mass is 9.43. The number of nitrogens with one attached hydrogen (secondary N) is 3. The van der Waals surface area contributed by atoms with Gasteiger partial charge in [-0.15, -0.1) is 0 Å². The number of benzene rings is 1. The number of hydrogen-bond donors (Lipinski definition) is 4. The lowest BCUT2D eigenvalue weighted by molar-refractivity contribution is -0.199. The minimum Gasteiger partial charge on any atom is -0.465 e. The number of hydrogen-bond acceptors (Lipinski definition) is 5. The molecule has 1 aliphatic heterocycles. The molecule has 0 radical (unpaired) electrons. The topological polar surface area (TPSA) is 126 Å². The fourth-order valence-electron chi connectivity index (χ4n) is 6.62. The number of carbonyl (C=O) groups excluding carboxylic acids is 2. The van der Waals surface area contributed by atoms with Crippen LogP contribution in [0, 0.1) is 17.3 Å². The van der Waals surface area contributed by atoms with E-state index in [-0.39, 0.29) is 23.3 Å². The van der Waals surface area contributed by atoms with Crippen LogP contribution in [-0.2, 0) is 25.3 Å². The number of carboxylic acid groups (broad SMARTS) is 1. The van der Waals surface area contributed by atoms with Crippen LogP contribution in [0.2, 0.25) is 0 Å². The first-order valence-corrected chi connectivity index (χ1v) is 13.4. The average molecular weight is 513 g/mol. The standard InChI is InChI=1S/C27H40BN3O6/c1-17(32)30-20(12-8-9-13-29-25(34)35)24(33)31-23(14-18-10-6-5-7-11-18)28-36-22-16-19-15-21(26(19,2)3)27(22,4)37-28/h5-7,10-11,19-23,29H,8-9,12-16H2,1-4H3,(H,30,32)(H,31,33)(H,34,35)/t19-,20?,21-,22+,23-,27-/m0/s1. The fraction of sp³-hybridized carbons (Fsp3) is 0.667.